The zero-order valence-electron chi connectivity index (χ0n) is 11.8. The molecule has 0 spiro atoms. The second-order valence-corrected chi connectivity index (χ2v) is 4.61. The lowest BCUT2D eigenvalue weighted by Crippen LogP contribution is -2.33. The van der Waals surface area contributed by atoms with E-state index in [2.05, 4.69) is 4.79 Å². The van der Waals surface area contributed by atoms with Crippen LogP contribution in [0.25, 0.3) is 5.53 Å². The number of rotatable bonds is 9. The summed E-state index contributed by atoms with van der Waals surface area (Å²) in [6.07, 6.45) is 2.55. The number of nitrogens with two attached hydrogens (primary N) is 1. The van der Waals surface area contributed by atoms with Gasteiger partial charge in [-0.1, -0.05) is 30.3 Å². The van der Waals surface area contributed by atoms with E-state index in [0.29, 0.717) is 6.61 Å². The van der Waals surface area contributed by atoms with E-state index in [9.17, 15) is 9.59 Å². The highest BCUT2D eigenvalue weighted by atomic mass is 16.5. The molecule has 1 aromatic carbocycles. The van der Waals surface area contributed by atoms with Gasteiger partial charge in [0.25, 0.3) is 0 Å². The minimum Gasteiger partial charge on any atom is -0.465 e. The van der Waals surface area contributed by atoms with Crippen molar-refractivity contribution in [2.24, 2.45) is 5.73 Å². The van der Waals surface area contributed by atoms with E-state index >= 15 is 0 Å². The van der Waals surface area contributed by atoms with Crippen molar-refractivity contribution in [3.63, 3.8) is 0 Å². The molecule has 0 heterocycles. The Balaban J connectivity index is 2.18. The van der Waals surface area contributed by atoms with E-state index in [1.54, 1.807) is 0 Å². The average molecular weight is 289 g/mol. The molecule has 6 heteroatoms. The highest BCUT2D eigenvalue weighted by molar-refractivity contribution is 6.25. The summed E-state index contributed by atoms with van der Waals surface area (Å²) in [6, 6.07) is 9.07. The number of aryl methyl sites for hydroxylation is 1. The topological polar surface area (TPSA) is 106 Å². The molecule has 6 nitrogen and oxygen atoms in total. The molecule has 0 bridgehead atoms. The number of carbonyl (C=O) groups excluding carboxylic acids is 2. The number of Topliss-reactive ketones (excluding diaryl/α,β-unsaturated/α-hetero) is 1. The van der Waals surface area contributed by atoms with Crippen molar-refractivity contribution in [2.45, 2.75) is 31.7 Å². The number of ether oxygens (including phenoxy) is 1. The molecule has 1 aromatic rings. The molecule has 0 aliphatic carbocycles. The zero-order chi connectivity index (χ0) is 15.5. The summed E-state index contributed by atoms with van der Waals surface area (Å²) >= 11 is 0. The second-order valence-electron chi connectivity index (χ2n) is 4.61. The van der Waals surface area contributed by atoms with Gasteiger partial charge in [-0.25, -0.2) is 0 Å². The van der Waals surface area contributed by atoms with Crippen LogP contribution in [0, 0.1) is 0 Å². The maximum Gasteiger partial charge on any atom is 0.323 e. The first-order valence-corrected chi connectivity index (χ1v) is 6.80. The maximum atomic E-state index is 11.6. The molecule has 0 radical (unpaired) electrons. The third-order valence-electron chi connectivity index (χ3n) is 2.90. The van der Waals surface area contributed by atoms with Gasteiger partial charge < -0.3 is 16.0 Å². The lowest BCUT2D eigenvalue weighted by atomic mass is 10.1. The molecular weight excluding hydrogens is 270 g/mol. The highest BCUT2D eigenvalue weighted by Gasteiger charge is 2.16. The minimum atomic E-state index is -0.835. The summed E-state index contributed by atoms with van der Waals surface area (Å²) in [5, 5.41) is 0. The number of hydrogen-bond donors (Lipinski definition) is 1. The molecule has 2 N–H and O–H groups in total. The van der Waals surface area contributed by atoms with Crippen molar-refractivity contribution in [2.75, 3.05) is 6.61 Å². The number of ketones is 1. The molecule has 21 heavy (non-hydrogen) atoms. The van der Waals surface area contributed by atoms with Crippen LogP contribution in [-0.2, 0) is 20.7 Å². The van der Waals surface area contributed by atoms with Gasteiger partial charge in [0.2, 0.25) is 5.78 Å². The molecule has 0 aromatic heterocycles. The lowest BCUT2D eigenvalue weighted by molar-refractivity contribution is -0.145. The van der Waals surface area contributed by atoms with Crippen LogP contribution in [0.2, 0.25) is 0 Å². The molecule has 0 amide bonds. The average Bonchev–Trinajstić information content (AvgIpc) is 2.50. The van der Waals surface area contributed by atoms with E-state index in [4.69, 9.17) is 16.0 Å². The maximum absolute atomic E-state index is 11.6. The van der Waals surface area contributed by atoms with Gasteiger partial charge in [-0.3, -0.25) is 9.59 Å². The summed E-state index contributed by atoms with van der Waals surface area (Å²) in [7, 11) is 0. The highest BCUT2D eigenvalue weighted by Crippen LogP contribution is 2.03. The van der Waals surface area contributed by atoms with Gasteiger partial charge in [0.1, 0.15) is 6.04 Å². The van der Waals surface area contributed by atoms with Gasteiger partial charge in [-0.15, -0.1) is 0 Å². The molecule has 0 fully saturated rings. The summed E-state index contributed by atoms with van der Waals surface area (Å²) in [5.41, 5.74) is 15.0. The van der Waals surface area contributed by atoms with Crippen LogP contribution >= 0.6 is 0 Å². The Morgan fingerprint density at radius 2 is 2.05 bits per heavy atom. The molecule has 1 atom stereocenters. The van der Waals surface area contributed by atoms with Crippen molar-refractivity contribution >= 4 is 18.0 Å². The van der Waals surface area contributed by atoms with Gasteiger partial charge in [-0.2, -0.15) is 4.79 Å². The Hall–Kier alpha value is -2.30. The molecular formula is C15H19N3O3. The van der Waals surface area contributed by atoms with Gasteiger partial charge in [0, 0.05) is 6.42 Å². The van der Waals surface area contributed by atoms with Crippen LogP contribution in [0.1, 0.15) is 24.8 Å². The van der Waals surface area contributed by atoms with Crippen molar-refractivity contribution in [3.05, 3.63) is 41.4 Å². The molecule has 1 rings (SSSR count). The van der Waals surface area contributed by atoms with Crippen molar-refractivity contribution in [1.29, 1.82) is 0 Å². The van der Waals surface area contributed by atoms with Gasteiger partial charge in [-0.05, 0) is 24.8 Å². The number of benzene rings is 1. The van der Waals surface area contributed by atoms with E-state index in [0.717, 1.165) is 19.1 Å². The van der Waals surface area contributed by atoms with Crippen LogP contribution in [0.5, 0.6) is 0 Å². The van der Waals surface area contributed by atoms with Crippen LogP contribution in [0.15, 0.2) is 30.3 Å². The summed E-state index contributed by atoms with van der Waals surface area (Å²) < 4.78 is 5.06. The third-order valence-corrected chi connectivity index (χ3v) is 2.90. The third kappa shape index (κ3) is 7.15. The number of esters is 1. The summed E-state index contributed by atoms with van der Waals surface area (Å²) in [6.45, 7) is 0.299. The zero-order valence-corrected chi connectivity index (χ0v) is 11.8. The SMILES string of the molecule is [N-]=[N+]=CC(=O)CC[C@H](N)C(=O)OCCCc1ccccc1. The normalized spacial score (nSPS) is 11.3. The van der Waals surface area contributed by atoms with Crippen LogP contribution in [0.3, 0.4) is 0 Å². The van der Waals surface area contributed by atoms with E-state index in [-0.39, 0.29) is 18.6 Å². The number of hydrogen-bond acceptors (Lipinski definition) is 4. The first kappa shape index (κ1) is 16.8. The van der Waals surface area contributed by atoms with Gasteiger partial charge in [0.05, 0.1) is 6.61 Å². The van der Waals surface area contributed by atoms with Gasteiger partial charge >= 0.3 is 12.2 Å². The van der Waals surface area contributed by atoms with E-state index < -0.39 is 12.0 Å². The van der Waals surface area contributed by atoms with Crippen LogP contribution in [0.4, 0.5) is 0 Å². The minimum absolute atomic E-state index is 0.0460. The quantitative estimate of drug-likeness (QED) is 0.242. The lowest BCUT2D eigenvalue weighted by Gasteiger charge is -2.10. The fraction of sp³-hybridized carbons (Fsp3) is 0.400. The van der Waals surface area contributed by atoms with Crippen LogP contribution < -0.4 is 5.73 Å². The van der Waals surface area contributed by atoms with E-state index in [1.807, 2.05) is 30.3 Å². The van der Waals surface area contributed by atoms with Crippen molar-refractivity contribution < 1.29 is 19.1 Å². The Labute approximate surface area is 123 Å². The predicted octanol–water partition coefficient (Wildman–Crippen LogP) is 1.14. The van der Waals surface area contributed by atoms with Crippen molar-refractivity contribution in [1.82, 2.24) is 0 Å². The molecule has 0 unspecified atom stereocenters. The largest absolute Gasteiger partial charge is 0.465 e. The molecule has 112 valence electrons. The Morgan fingerprint density at radius 3 is 2.71 bits per heavy atom. The Kier molecular flexibility index (Phi) is 7.64. The second kappa shape index (κ2) is 9.58. The molecule has 0 aliphatic rings. The van der Waals surface area contributed by atoms with E-state index in [1.165, 1.54) is 5.56 Å². The Morgan fingerprint density at radius 1 is 1.33 bits per heavy atom. The fourth-order valence-electron chi connectivity index (χ4n) is 1.75. The van der Waals surface area contributed by atoms with Crippen molar-refractivity contribution in [3.8, 4) is 0 Å². The first-order valence-electron chi connectivity index (χ1n) is 6.80. The number of nitrogens with zero attached hydrogens (tertiary/aromatic N) is 2. The molecule has 0 aliphatic heterocycles. The van der Waals surface area contributed by atoms with Crippen LogP contribution in [-0.4, -0.2) is 35.4 Å². The standard InChI is InChI=1S/C15H19N3O3/c16-14(9-8-13(19)11-18-17)15(20)21-10-4-7-12-5-2-1-3-6-12/h1-3,5-6,11,14H,4,7-10,16H2/t14-/m0/s1. The summed E-state index contributed by atoms with van der Waals surface area (Å²) in [4.78, 5) is 25.3. The molecule has 0 saturated carbocycles. The fourth-order valence-corrected chi connectivity index (χ4v) is 1.75. The monoisotopic (exact) mass is 289 g/mol. The van der Waals surface area contributed by atoms with Gasteiger partial charge in [0.15, 0.2) is 0 Å². The summed E-state index contributed by atoms with van der Waals surface area (Å²) in [5.74, 6) is -0.901. The number of carbonyl (C=O) groups is 2. The smallest absolute Gasteiger partial charge is 0.323 e. The molecule has 0 saturated heterocycles. The Bertz CT molecular complexity index is 510. The first-order chi connectivity index (χ1) is 10.1. The predicted molar refractivity (Wildman–Crippen MR) is 77.6 cm³/mol.